The molecule has 1 rings (SSSR count). The molecule has 0 aromatic carbocycles. The summed E-state index contributed by atoms with van der Waals surface area (Å²) in [6, 6.07) is 0. The van der Waals surface area contributed by atoms with E-state index in [1.165, 1.54) is 12.4 Å². The molecule has 3 N–H and O–H groups in total. The van der Waals surface area contributed by atoms with Gasteiger partial charge < -0.3 is 20.3 Å². The first kappa shape index (κ1) is 12.7. The van der Waals surface area contributed by atoms with E-state index in [4.69, 9.17) is 15.2 Å². The van der Waals surface area contributed by atoms with E-state index in [1.54, 1.807) is 13.8 Å². The van der Waals surface area contributed by atoms with Gasteiger partial charge in [0.15, 0.2) is 5.79 Å². The summed E-state index contributed by atoms with van der Waals surface area (Å²) in [4.78, 5) is 7.76. The van der Waals surface area contributed by atoms with Crippen molar-refractivity contribution in [3.63, 3.8) is 0 Å². The summed E-state index contributed by atoms with van der Waals surface area (Å²) in [5.74, 6) is -0.384. The first-order valence-electron chi connectivity index (χ1n) is 5.04. The third kappa shape index (κ3) is 5.47. The summed E-state index contributed by atoms with van der Waals surface area (Å²) in [6.45, 7) is 4.02. The van der Waals surface area contributed by atoms with E-state index in [0.717, 1.165) is 0 Å². The van der Waals surface area contributed by atoms with Crippen LogP contribution in [0.5, 0.6) is 5.88 Å². The summed E-state index contributed by atoms with van der Waals surface area (Å²) in [5.41, 5.74) is 5.43. The van der Waals surface area contributed by atoms with Gasteiger partial charge in [-0.3, -0.25) is 4.98 Å². The second-order valence-electron chi connectivity index (χ2n) is 3.78. The van der Waals surface area contributed by atoms with Gasteiger partial charge in [-0.1, -0.05) is 0 Å². The monoisotopic (exact) mass is 227 g/mol. The van der Waals surface area contributed by atoms with E-state index in [1.807, 2.05) is 0 Å². The van der Waals surface area contributed by atoms with Crippen LogP contribution in [0.25, 0.3) is 0 Å². The molecule has 1 aromatic heterocycles. The molecule has 0 saturated heterocycles. The van der Waals surface area contributed by atoms with Crippen LogP contribution >= 0.6 is 0 Å². The van der Waals surface area contributed by atoms with Crippen molar-refractivity contribution in [3.05, 3.63) is 12.4 Å². The van der Waals surface area contributed by atoms with Gasteiger partial charge in [0.25, 0.3) is 0 Å². The Hall–Kier alpha value is -1.40. The maximum atomic E-state index is 9.27. The number of aromatic nitrogens is 2. The normalized spacial score (nSPS) is 11.4. The van der Waals surface area contributed by atoms with Crippen LogP contribution in [0.1, 0.15) is 20.3 Å². The minimum Gasteiger partial charge on any atom is -0.476 e. The highest BCUT2D eigenvalue weighted by Crippen LogP contribution is 2.07. The highest BCUT2D eigenvalue weighted by Gasteiger charge is 2.11. The average Bonchev–Trinajstić information content (AvgIpc) is 2.15. The zero-order chi connectivity index (χ0) is 12.0. The second kappa shape index (κ2) is 5.62. The standard InChI is InChI=1S/C10H17N3O3/c1-10(2,14)16-5-3-4-15-9-7-12-6-8(11)13-9/h6-7,14H,3-5H2,1-2H3,(H2,11,13). The summed E-state index contributed by atoms with van der Waals surface area (Å²) < 4.78 is 10.4. The van der Waals surface area contributed by atoms with Crippen molar-refractivity contribution in [1.82, 2.24) is 9.97 Å². The molecule has 90 valence electrons. The molecule has 0 bridgehead atoms. The van der Waals surface area contributed by atoms with Crippen LogP contribution in [-0.4, -0.2) is 34.1 Å². The van der Waals surface area contributed by atoms with Crippen molar-refractivity contribution in [2.45, 2.75) is 26.1 Å². The summed E-state index contributed by atoms with van der Waals surface area (Å²) in [6.07, 6.45) is 3.60. The van der Waals surface area contributed by atoms with E-state index in [9.17, 15) is 5.11 Å². The van der Waals surface area contributed by atoms with Gasteiger partial charge >= 0.3 is 0 Å². The van der Waals surface area contributed by atoms with E-state index >= 15 is 0 Å². The number of ether oxygens (including phenoxy) is 2. The van der Waals surface area contributed by atoms with E-state index < -0.39 is 5.79 Å². The molecule has 0 saturated carbocycles. The molecule has 6 heteroatoms. The fourth-order valence-electron chi connectivity index (χ4n) is 0.990. The lowest BCUT2D eigenvalue weighted by molar-refractivity contribution is -0.176. The molecule has 16 heavy (non-hydrogen) atoms. The molecule has 0 aliphatic rings. The number of nitrogens with zero attached hydrogens (tertiary/aromatic N) is 2. The summed E-state index contributed by atoms with van der Waals surface area (Å²) in [7, 11) is 0. The lowest BCUT2D eigenvalue weighted by atomic mass is 10.4. The van der Waals surface area contributed by atoms with Crippen molar-refractivity contribution in [2.24, 2.45) is 0 Å². The molecule has 0 aliphatic carbocycles. The van der Waals surface area contributed by atoms with Crippen molar-refractivity contribution in [1.29, 1.82) is 0 Å². The molecule has 1 heterocycles. The minimum atomic E-state index is -1.10. The number of nitrogens with two attached hydrogens (primary N) is 1. The van der Waals surface area contributed by atoms with E-state index in [-0.39, 0.29) is 0 Å². The minimum absolute atomic E-state index is 0.324. The highest BCUT2D eigenvalue weighted by molar-refractivity contribution is 5.25. The smallest absolute Gasteiger partial charge is 0.234 e. The fourth-order valence-corrected chi connectivity index (χ4v) is 0.990. The molecule has 6 nitrogen and oxygen atoms in total. The fraction of sp³-hybridized carbons (Fsp3) is 0.600. The predicted molar refractivity (Wildman–Crippen MR) is 58.8 cm³/mol. The summed E-state index contributed by atoms with van der Waals surface area (Å²) in [5, 5.41) is 9.27. The van der Waals surface area contributed by atoms with E-state index in [0.29, 0.717) is 31.3 Å². The zero-order valence-electron chi connectivity index (χ0n) is 9.51. The molecule has 0 radical (unpaired) electrons. The van der Waals surface area contributed by atoms with Gasteiger partial charge in [0.05, 0.1) is 25.6 Å². The lowest BCUT2D eigenvalue weighted by Gasteiger charge is -2.17. The maximum Gasteiger partial charge on any atom is 0.234 e. The Morgan fingerprint density at radius 3 is 2.75 bits per heavy atom. The number of rotatable bonds is 6. The quantitative estimate of drug-likeness (QED) is 0.545. The third-order valence-corrected chi connectivity index (χ3v) is 1.62. The second-order valence-corrected chi connectivity index (χ2v) is 3.78. The molecule has 0 amide bonds. The number of anilines is 1. The van der Waals surface area contributed by atoms with Gasteiger partial charge in [-0.2, -0.15) is 4.98 Å². The Morgan fingerprint density at radius 1 is 1.38 bits per heavy atom. The van der Waals surface area contributed by atoms with Gasteiger partial charge in [0, 0.05) is 6.42 Å². The first-order chi connectivity index (χ1) is 7.47. The average molecular weight is 227 g/mol. The molecule has 0 unspecified atom stereocenters. The number of hydrogen-bond acceptors (Lipinski definition) is 6. The largest absolute Gasteiger partial charge is 0.476 e. The molecule has 0 aliphatic heterocycles. The molecule has 0 spiro atoms. The van der Waals surface area contributed by atoms with Crippen LogP contribution in [0.2, 0.25) is 0 Å². The van der Waals surface area contributed by atoms with Crippen molar-refractivity contribution >= 4 is 5.82 Å². The Balaban J connectivity index is 2.17. The van der Waals surface area contributed by atoms with Crippen molar-refractivity contribution in [3.8, 4) is 5.88 Å². The van der Waals surface area contributed by atoms with Gasteiger partial charge in [0.1, 0.15) is 5.82 Å². The Bertz CT molecular complexity index is 325. The summed E-state index contributed by atoms with van der Waals surface area (Å²) >= 11 is 0. The number of nitrogen functional groups attached to an aromatic ring is 1. The zero-order valence-corrected chi connectivity index (χ0v) is 9.51. The highest BCUT2D eigenvalue weighted by atomic mass is 16.6. The molecule has 1 aromatic rings. The van der Waals surface area contributed by atoms with Crippen LogP contribution in [0.15, 0.2) is 12.4 Å². The van der Waals surface area contributed by atoms with Crippen LogP contribution < -0.4 is 10.5 Å². The Labute approximate surface area is 94.4 Å². The molecule has 0 atom stereocenters. The SMILES string of the molecule is CC(C)(O)OCCCOc1cncc(N)n1. The maximum absolute atomic E-state index is 9.27. The molecule has 0 fully saturated rings. The molecular formula is C10H17N3O3. The van der Waals surface area contributed by atoms with Crippen molar-refractivity contribution in [2.75, 3.05) is 18.9 Å². The van der Waals surface area contributed by atoms with Crippen LogP contribution in [0, 0.1) is 0 Å². The Morgan fingerprint density at radius 2 is 2.12 bits per heavy atom. The first-order valence-corrected chi connectivity index (χ1v) is 5.04. The van der Waals surface area contributed by atoms with Gasteiger partial charge in [-0.05, 0) is 13.8 Å². The molecular weight excluding hydrogens is 210 g/mol. The topological polar surface area (TPSA) is 90.5 Å². The van der Waals surface area contributed by atoms with Gasteiger partial charge in [-0.15, -0.1) is 0 Å². The van der Waals surface area contributed by atoms with Gasteiger partial charge in [0.2, 0.25) is 5.88 Å². The Kier molecular flexibility index (Phi) is 4.45. The van der Waals surface area contributed by atoms with Crippen LogP contribution in [0.4, 0.5) is 5.82 Å². The number of hydrogen-bond donors (Lipinski definition) is 2. The van der Waals surface area contributed by atoms with Gasteiger partial charge in [-0.25, -0.2) is 0 Å². The number of aliphatic hydroxyl groups is 1. The van der Waals surface area contributed by atoms with E-state index in [2.05, 4.69) is 9.97 Å². The van der Waals surface area contributed by atoms with Crippen LogP contribution in [0.3, 0.4) is 0 Å². The third-order valence-electron chi connectivity index (χ3n) is 1.62. The van der Waals surface area contributed by atoms with Crippen molar-refractivity contribution < 1.29 is 14.6 Å². The lowest BCUT2D eigenvalue weighted by Crippen LogP contribution is -2.24. The van der Waals surface area contributed by atoms with Crippen LogP contribution in [-0.2, 0) is 4.74 Å². The predicted octanol–water partition coefficient (Wildman–Crippen LogP) is 0.573.